The van der Waals surface area contributed by atoms with Gasteiger partial charge in [-0.1, -0.05) is 0 Å². The molecule has 2 aromatic rings. The number of hydrogen-bond acceptors (Lipinski definition) is 5. The van der Waals surface area contributed by atoms with Crippen LogP contribution in [0.25, 0.3) is 0 Å². The minimum atomic E-state index is -4.34. The molecule has 0 aliphatic carbocycles. The number of carbonyl (C=O) groups excluding carboxylic acids is 1. The van der Waals surface area contributed by atoms with Crippen molar-refractivity contribution in [1.82, 2.24) is 0 Å². The molecule has 0 spiro atoms. The molecule has 6 nitrogen and oxygen atoms in total. The van der Waals surface area contributed by atoms with Crippen molar-refractivity contribution >= 4 is 106 Å². The van der Waals surface area contributed by atoms with Crippen LogP contribution in [0, 0.1) is 14.3 Å². The van der Waals surface area contributed by atoms with Crippen molar-refractivity contribution in [3.05, 3.63) is 44.1 Å². The zero-order valence-corrected chi connectivity index (χ0v) is 20.7. The van der Waals surface area contributed by atoms with E-state index in [2.05, 4.69) is 0 Å². The van der Waals surface area contributed by atoms with Gasteiger partial charge in [-0.15, -0.1) is 0 Å². The quantitative estimate of drug-likeness (QED) is 0.209. The standard InChI is InChI=1S/C13H6I4O6S/c14-6-3-5(1-2-9(6)24(20,21)22)23-13(19)10-7(15)4-8(16)12(18)11(10)17/h1-4,18H,(H,20,21,22). The van der Waals surface area contributed by atoms with Gasteiger partial charge < -0.3 is 9.84 Å². The third-order valence-electron chi connectivity index (χ3n) is 2.74. The van der Waals surface area contributed by atoms with E-state index in [0.29, 0.717) is 10.7 Å². The molecular weight excluding hydrogens is 792 g/mol. The van der Waals surface area contributed by atoms with Gasteiger partial charge in [-0.05, 0) is 115 Å². The number of rotatable bonds is 3. The summed E-state index contributed by atoms with van der Waals surface area (Å²) in [6.07, 6.45) is 0. The fourth-order valence-electron chi connectivity index (χ4n) is 1.68. The largest absolute Gasteiger partial charge is 0.506 e. The summed E-state index contributed by atoms with van der Waals surface area (Å²) in [4.78, 5) is 12.1. The number of benzene rings is 2. The van der Waals surface area contributed by atoms with Crippen LogP contribution in [-0.4, -0.2) is 24.0 Å². The molecule has 0 aliphatic rings. The van der Waals surface area contributed by atoms with Crippen LogP contribution in [0.1, 0.15) is 10.4 Å². The van der Waals surface area contributed by atoms with E-state index in [4.69, 9.17) is 9.29 Å². The van der Waals surface area contributed by atoms with Gasteiger partial charge in [-0.2, -0.15) is 8.42 Å². The molecule has 2 aromatic carbocycles. The molecule has 0 saturated heterocycles. The Kier molecular flexibility index (Phi) is 6.99. The highest BCUT2D eigenvalue weighted by Gasteiger charge is 2.22. The van der Waals surface area contributed by atoms with Crippen LogP contribution in [0.2, 0.25) is 0 Å². The van der Waals surface area contributed by atoms with Crippen LogP contribution in [0.4, 0.5) is 0 Å². The van der Waals surface area contributed by atoms with Gasteiger partial charge in [0.2, 0.25) is 0 Å². The van der Waals surface area contributed by atoms with E-state index in [1.807, 2.05) is 67.8 Å². The van der Waals surface area contributed by atoms with Crippen LogP contribution in [0.15, 0.2) is 29.2 Å². The van der Waals surface area contributed by atoms with E-state index in [-0.39, 0.29) is 25.5 Å². The van der Waals surface area contributed by atoms with Crippen molar-refractivity contribution in [2.75, 3.05) is 0 Å². The highest BCUT2D eigenvalue weighted by molar-refractivity contribution is 14.1. The maximum absolute atomic E-state index is 12.4. The molecular formula is C13H6I4O6S. The third-order valence-corrected chi connectivity index (χ3v) is 7.64. The second kappa shape index (κ2) is 8.05. The summed E-state index contributed by atoms with van der Waals surface area (Å²) in [5.74, 6) is -0.549. The number of halogens is 4. The van der Waals surface area contributed by atoms with Crippen molar-refractivity contribution in [2.45, 2.75) is 4.90 Å². The van der Waals surface area contributed by atoms with E-state index in [1.165, 1.54) is 12.1 Å². The van der Waals surface area contributed by atoms with Crippen molar-refractivity contribution in [3.8, 4) is 11.5 Å². The monoisotopic (exact) mass is 798 g/mol. The highest BCUT2D eigenvalue weighted by atomic mass is 127. The summed E-state index contributed by atoms with van der Waals surface area (Å²) < 4.78 is 38.5. The van der Waals surface area contributed by atoms with Gasteiger partial charge in [0.15, 0.2) is 0 Å². The first kappa shape index (κ1) is 20.8. The molecule has 0 bridgehead atoms. The molecule has 0 atom stereocenters. The number of esters is 1. The Morgan fingerprint density at radius 2 is 1.62 bits per heavy atom. The lowest BCUT2D eigenvalue weighted by molar-refractivity contribution is 0.0731. The molecule has 0 unspecified atom stereocenters. The van der Waals surface area contributed by atoms with Crippen molar-refractivity contribution < 1.29 is 27.6 Å². The first-order chi connectivity index (χ1) is 11.0. The summed E-state index contributed by atoms with van der Waals surface area (Å²) in [6, 6.07) is 5.41. The Hall–Kier alpha value is 0.540. The van der Waals surface area contributed by atoms with Gasteiger partial charge in [0.05, 0.1) is 12.7 Å². The van der Waals surface area contributed by atoms with Crippen LogP contribution in [0.3, 0.4) is 0 Å². The Bertz CT molecular complexity index is 942. The highest BCUT2D eigenvalue weighted by Crippen LogP contribution is 2.33. The molecule has 2 N–H and O–H groups in total. The molecule has 0 aliphatic heterocycles. The summed E-state index contributed by atoms with van der Waals surface area (Å²) in [5, 5.41) is 9.97. The SMILES string of the molecule is O=C(Oc1ccc(S(=O)(=O)O)c(I)c1)c1c(I)cc(I)c(O)c1I. The number of aromatic hydroxyl groups is 1. The fraction of sp³-hybridized carbons (Fsp3) is 0. The normalized spacial score (nSPS) is 11.4. The second-order valence-electron chi connectivity index (χ2n) is 4.33. The van der Waals surface area contributed by atoms with Gasteiger partial charge in [-0.25, -0.2) is 4.79 Å². The molecule has 0 amide bonds. The summed E-state index contributed by atoms with van der Waals surface area (Å²) >= 11 is 7.52. The second-order valence-corrected chi connectivity index (χ2v) is 10.3. The molecule has 24 heavy (non-hydrogen) atoms. The zero-order valence-electron chi connectivity index (χ0n) is 11.3. The molecule has 11 heteroatoms. The first-order valence-electron chi connectivity index (χ1n) is 5.88. The lowest BCUT2D eigenvalue weighted by Gasteiger charge is -2.11. The van der Waals surface area contributed by atoms with E-state index in [0.717, 1.165) is 6.07 Å². The van der Waals surface area contributed by atoms with E-state index < -0.39 is 16.1 Å². The van der Waals surface area contributed by atoms with Crippen molar-refractivity contribution in [3.63, 3.8) is 0 Å². The zero-order chi connectivity index (χ0) is 18.2. The maximum atomic E-state index is 12.4. The molecule has 0 saturated carbocycles. The number of ether oxygens (including phenoxy) is 1. The lowest BCUT2D eigenvalue weighted by atomic mass is 10.2. The van der Waals surface area contributed by atoms with Crippen LogP contribution in [0.5, 0.6) is 11.5 Å². The Morgan fingerprint density at radius 1 is 1.00 bits per heavy atom. The average Bonchev–Trinajstić information content (AvgIpc) is 2.43. The molecule has 0 heterocycles. The van der Waals surface area contributed by atoms with Crippen molar-refractivity contribution in [2.24, 2.45) is 0 Å². The Balaban J connectivity index is 2.38. The topological polar surface area (TPSA) is 101 Å². The fourth-order valence-corrected chi connectivity index (χ4v) is 7.36. The van der Waals surface area contributed by atoms with Gasteiger partial charge in [0, 0.05) is 7.14 Å². The summed E-state index contributed by atoms with van der Waals surface area (Å²) in [5.41, 5.74) is 0.225. The predicted molar refractivity (Wildman–Crippen MR) is 120 cm³/mol. The van der Waals surface area contributed by atoms with E-state index in [9.17, 15) is 18.3 Å². The minimum Gasteiger partial charge on any atom is -0.506 e. The van der Waals surface area contributed by atoms with Crippen molar-refractivity contribution in [1.29, 1.82) is 0 Å². The van der Waals surface area contributed by atoms with E-state index >= 15 is 0 Å². The molecule has 0 fully saturated rings. The number of phenols is 1. The molecule has 2 rings (SSSR count). The smallest absolute Gasteiger partial charge is 0.345 e. The molecule has 128 valence electrons. The number of phenolic OH excluding ortho intramolecular Hbond substituents is 1. The number of carbonyl (C=O) groups is 1. The van der Waals surface area contributed by atoms with Crippen LogP contribution >= 0.6 is 90.4 Å². The van der Waals surface area contributed by atoms with Crippen LogP contribution < -0.4 is 4.74 Å². The minimum absolute atomic E-state index is 0.000122. The average molecular weight is 798 g/mol. The Labute approximate surface area is 192 Å². The van der Waals surface area contributed by atoms with Gasteiger partial charge in [0.25, 0.3) is 10.1 Å². The van der Waals surface area contributed by atoms with Gasteiger partial charge >= 0.3 is 5.97 Å². The molecule has 0 aromatic heterocycles. The summed E-state index contributed by atoms with van der Waals surface area (Å²) in [6.45, 7) is 0. The lowest BCUT2D eigenvalue weighted by Crippen LogP contribution is -2.13. The predicted octanol–water partition coefficient (Wildman–Crippen LogP) is 4.28. The van der Waals surface area contributed by atoms with Gasteiger partial charge in [0.1, 0.15) is 16.4 Å². The third kappa shape index (κ3) is 4.63. The Morgan fingerprint density at radius 3 is 2.17 bits per heavy atom. The molecule has 0 radical (unpaired) electrons. The van der Waals surface area contributed by atoms with Crippen LogP contribution in [-0.2, 0) is 10.1 Å². The van der Waals surface area contributed by atoms with E-state index in [1.54, 1.807) is 28.7 Å². The summed E-state index contributed by atoms with van der Waals surface area (Å²) in [7, 11) is -4.34. The first-order valence-corrected chi connectivity index (χ1v) is 11.6. The van der Waals surface area contributed by atoms with Gasteiger partial charge in [-0.3, -0.25) is 4.55 Å². The number of hydrogen-bond donors (Lipinski definition) is 2. The maximum Gasteiger partial charge on any atom is 0.345 e.